The summed E-state index contributed by atoms with van der Waals surface area (Å²) in [6.07, 6.45) is 3.72. The summed E-state index contributed by atoms with van der Waals surface area (Å²) < 4.78 is 9.00. The quantitative estimate of drug-likeness (QED) is 0.293. The predicted molar refractivity (Wildman–Crippen MR) is 150 cm³/mol. The van der Waals surface area contributed by atoms with Crippen molar-refractivity contribution in [1.82, 2.24) is 4.57 Å². The fraction of sp³-hybridized carbons (Fsp3) is 0.172. The minimum absolute atomic E-state index is 0.0332. The molecule has 0 spiro atoms. The van der Waals surface area contributed by atoms with Crippen LogP contribution in [0.25, 0.3) is 11.8 Å². The van der Waals surface area contributed by atoms with Gasteiger partial charge < -0.3 is 4.74 Å². The van der Waals surface area contributed by atoms with Gasteiger partial charge >= 0.3 is 0 Å². The Kier molecular flexibility index (Phi) is 6.20. The molecule has 0 amide bonds. The Hall–Kier alpha value is -2.93. The van der Waals surface area contributed by atoms with Gasteiger partial charge in [-0.2, -0.15) is 0 Å². The third kappa shape index (κ3) is 4.07. The van der Waals surface area contributed by atoms with Gasteiger partial charge in [0.1, 0.15) is 5.75 Å². The molecular formula is C29H22BrClN2O2S. The SMILES string of the molecule is CCOc1ccc(/C=c2\sc3n(c2=O)C(c2ccc(Cl)cc2)C2=C(N=3)c3ccccc3CC2)cc1Br. The van der Waals surface area contributed by atoms with E-state index >= 15 is 0 Å². The molecule has 1 atom stereocenters. The van der Waals surface area contributed by atoms with Crippen LogP contribution in [0.3, 0.4) is 0 Å². The van der Waals surface area contributed by atoms with Gasteiger partial charge in [-0.05, 0) is 88.3 Å². The van der Waals surface area contributed by atoms with E-state index in [1.54, 1.807) is 0 Å². The first-order valence-corrected chi connectivity index (χ1v) is 13.8. The van der Waals surface area contributed by atoms with Gasteiger partial charge in [-0.1, -0.05) is 65.4 Å². The number of fused-ring (bicyclic) bond motifs is 3. The van der Waals surface area contributed by atoms with Crippen molar-refractivity contribution in [2.24, 2.45) is 4.99 Å². The Balaban J connectivity index is 1.56. The van der Waals surface area contributed by atoms with Gasteiger partial charge in [-0.25, -0.2) is 4.99 Å². The summed E-state index contributed by atoms with van der Waals surface area (Å²) in [6.45, 7) is 2.55. The standard InChI is InChI=1S/C29H22BrClN2O2S/c1-2-35-24-14-7-17(15-23(24)30)16-25-28(34)33-27(19-8-11-20(31)12-9-19)22-13-10-18-5-3-4-6-21(18)26(22)32-29(33)36-25/h3-9,11-12,14-16,27H,2,10,13H2,1H3/b25-16-. The molecule has 4 nitrogen and oxygen atoms in total. The van der Waals surface area contributed by atoms with Crippen LogP contribution in [0.1, 0.15) is 41.6 Å². The van der Waals surface area contributed by atoms with Crippen LogP contribution < -0.4 is 19.6 Å². The number of hydrogen-bond donors (Lipinski definition) is 0. The van der Waals surface area contributed by atoms with Crippen LogP contribution in [0.2, 0.25) is 5.02 Å². The van der Waals surface area contributed by atoms with Gasteiger partial charge in [0.15, 0.2) is 4.80 Å². The van der Waals surface area contributed by atoms with E-state index in [9.17, 15) is 4.79 Å². The van der Waals surface area contributed by atoms with Crippen LogP contribution in [-0.2, 0) is 6.42 Å². The minimum Gasteiger partial charge on any atom is -0.493 e. The highest BCUT2D eigenvalue weighted by Crippen LogP contribution is 2.41. The molecule has 0 radical (unpaired) electrons. The van der Waals surface area contributed by atoms with Crippen LogP contribution in [0.5, 0.6) is 5.75 Å². The molecule has 0 bridgehead atoms. The van der Waals surface area contributed by atoms with E-state index in [4.69, 9.17) is 21.3 Å². The van der Waals surface area contributed by atoms with Crippen molar-refractivity contribution in [2.75, 3.05) is 6.61 Å². The summed E-state index contributed by atoms with van der Waals surface area (Å²) in [7, 11) is 0. The normalized spacial score (nSPS) is 16.8. The molecule has 180 valence electrons. The predicted octanol–water partition coefficient (Wildman–Crippen LogP) is 6.13. The first kappa shape index (κ1) is 23.5. The van der Waals surface area contributed by atoms with E-state index in [2.05, 4.69) is 40.2 Å². The largest absolute Gasteiger partial charge is 0.493 e. The first-order chi connectivity index (χ1) is 17.5. The summed E-state index contributed by atoms with van der Waals surface area (Å²) in [5, 5.41) is 0.676. The average molecular weight is 578 g/mol. The molecule has 0 saturated carbocycles. The second-order valence-corrected chi connectivity index (χ2v) is 11.1. The lowest BCUT2D eigenvalue weighted by molar-refractivity contribution is 0.338. The maximum atomic E-state index is 13.8. The van der Waals surface area contributed by atoms with E-state index in [1.165, 1.54) is 22.5 Å². The Morgan fingerprint density at radius 3 is 2.72 bits per heavy atom. The molecular weight excluding hydrogens is 556 g/mol. The molecule has 0 N–H and O–H groups in total. The first-order valence-electron chi connectivity index (χ1n) is 11.8. The molecule has 1 unspecified atom stereocenters. The average Bonchev–Trinajstić information content (AvgIpc) is 3.19. The molecule has 1 aliphatic carbocycles. The number of aryl methyl sites for hydroxylation is 1. The number of aromatic nitrogens is 1. The van der Waals surface area contributed by atoms with Gasteiger partial charge in [-0.15, -0.1) is 0 Å². The summed E-state index contributed by atoms with van der Waals surface area (Å²) in [4.78, 5) is 19.6. The molecule has 7 heteroatoms. The van der Waals surface area contributed by atoms with Crippen LogP contribution in [-0.4, -0.2) is 11.2 Å². The summed E-state index contributed by atoms with van der Waals surface area (Å²) in [5.74, 6) is 0.783. The molecule has 0 saturated heterocycles. The van der Waals surface area contributed by atoms with Gasteiger partial charge in [0.2, 0.25) is 0 Å². The number of halogens is 2. The smallest absolute Gasteiger partial charge is 0.271 e. The number of rotatable bonds is 4. The lowest BCUT2D eigenvalue weighted by atomic mass is 9.83. The number of thiazole rings is 1. The highest BCUT2D eigenvalue weighted by molar-refractivity contribution is 9.10. The summed E-state index contributed by atoms with van der Waals surface area (Å²) in [5.41, 5.74) is 6.56. The third-order valence-corrected chi connectivity index (χ3v) is 8.47. The zero-order valence-electron chi connectivity index (χ0n) is 19.5. The van der Waals surface area contributed by atoms with E-state index in [1.807, 2.05) is 60.0 Å². The Bertz CT molecular complexity index is 1700. The van der Waals surface area contributed by atoms with Gasteiger partial charge in [0.05, 0.1) is 27.4 Å². The fourth-order valence-electron chi connectivity index (χ4n) is 5.00. The lowest BCUT2D eigenvalue weighted by Gasteiger charge is -2.30. The summed E-state index contributed by atoms with van der Waals surface area (Å²) in [6, 6.07) is 21.9. The van der Waals surface area contributed by atoms with E-state index in [0.29, 0.717) is 21.0 Å². The number of benzene rings is 3. The van der Waals surface area contributed by atoms with Crippen molar-refractivity contribution in [1.29, 1.82) is 0 Å². The van der Waals surface area contributed by atoms with Crippen molar-refractivity contribution in [2.45, 2.75) is 25.8 Å². The third-order valence-electron chi connectivity index (χ3n) is 6.61. The molecule has 6 rings (SSSR count). The molecule has 4 aromatic rings. The van der Waals surface area contributed by atoms with Gasteiger partial charge in [-0.3, -0.25) is 9.36 Å². The van der Waals surface area contributed by atoms with E-state index in [-0.39, 0.29) is 11.6 Å². The molecule has 2 aliphatic rings. The second-order valence-electron chi connectivity index (χ2n) is 8.79. The minimum atomic E-state index is -0.212. The van der Waals surface area contributed by atoms with Gasteiger partial charge in [0, 0.05) is 10.6 Å². The molecule has 2 heterocycles. The molecule has 1 aliphatic heterocycles. The molecule has 36 heavy (non-hydrogen) atoms. The lowest BCUT2D eigenvalue weighted by Crippen LogP contribution is -2.38. The van der Waals surface area contributed by atoms with Crippen LogP contribution in [0.15, 0.2) is 86.6 Å². The Morgan fingerprint density at radius 2 is 1.94 bits per heavy atom. The number of allylic oxidation sites excluding steroid dienone is 1. The number of nitrogens with zero attached hydrogens (tertiary/aromatic N) is 2. The van der Waals surface area contributed by atoms with Crippen molar-refractivity contribution < 1.29 is 4.74 Å². The Labute approximate surface area is 226 Å². The van der Waals surface area contributed by atoms with E-state index in [0.717, 1.165) is 45.5 Å². The highest BCUT2D eigenvalue weighted by atomic mass is 79.9. The fourth-order valence-corrected chi connectivity index (χ4v) is 6.64. The monoisotopic (exact) mass is 576 g/mol. The number of ether oxygens (including phenoxy) is 1. The maximum Gasteiger partial charge on any atom is 0.271 e. The zero-order valence-corrected chi connectivity index (χ0v) is 22.7. The molecule has 0 fully saturated rings. The molecule has 1 aromatic heterocycles. The second kappa shape index (κ2) is 9.51. The zero-order chi connectivity index (χ0) is 24.8. The van der Waals surface area contributed by atoms with Crippen molar-refractivity contribution in [3.05, 3.63) is 124 Å². The van der Waals surface area contributed by atoms with Crippen molar-refractivity contribution >= 4 is 50.6 Å². The van der Waals surface area contributed by atoms with Crippen LogP contribution >= 0.6 is 38.9 Å². The van der Waals surface area contributed by atoms with Crippen molar-refractivity contribution in [3.8, 4) is 5.75 Å². The highest BCUT2D eigenvalue weighted by Gasteiger charge is 2.32. The van der Waals surface area contributed by atoms with E-state index < -0.39 is 0 Å². The Morgan fingerprint density at radius 1 is 1.14 bits per heavy atom. The van der Waals surface area contributed by atoms with Gasteiger partial charge in [0.25, 0.3) is 5.56 Å². The molecule has 3 aromatic carbocycles. The van der Waals surface area contributed by atoms with Crippen molar-refractivity contribution in [3.63, 3.8) is 0 Å². The van der Waals surface area contributed by atoms with Crippen LogP contribution in [0.4, 0.5) is 0 Å². The summed E-state index contributed by atoms with van der Waals surface area (Å²) >= 11 is 11.2. The topological polar surface area (TPSA) is 43.6 Å². The number of hydrogen-bond acceptors (Lipinski definition) is 4. The van der Waals surface area contributed by atoms with Crippen LogP contribution in [0, 0.1) is 0 Å². The maximum absolute atomic E-state index is 13.8.